The Morgan fingerprint density at radius 2 is 2.42 bits per heavy atom. The summed E-state index contributed by atoms with van der Waals surface area (Å²) in [6, 6.07) is 0.300. The van der Waals surface area contributed by atoms with Crippen molar-refractivity contribution in [2.24, 2.45) is 0 Å². The van der Waals surface area contributed by atoms with E-state index in [0.29, 0.717) is 11.2 Å². The summed E-state index contributed by atoms with van der Waals surface area (Å²) >= 11 is 5.93. The fourth-order valence-electron chi connectivity index (χ4n) is 1.52. The van der Waals surface area contributed by atoms with Crippen molar-refractivity contribution in [3.05, 3.63) is 22.7 Å². The molecule has 1 N–H and O–H groups in total. The minimum absolute atomic E-state index is 0.300. The van der Waals surface area contributed by atoms with Gasteiger partial charge in [0.25, 0.3) is 0 Å². The average molecular weight is 184 g/mol. The van der Waals surface area contributed by atoms with Crippen LogP contribution in [0.4, 0.5) is 0 Å². The first-order valence-corrected chi connectivity index (χ1v) is 4.39. The second kappa shape index (κ2) is 2.99. The van der Waals surface area contributed by atoms with Gasteiger partial charge in [0.1, 0.15) is 11.5 Å². The van der Waals surface area contributed by atoms with E-state index >= 15 is 0 Å². The SMILES string of the molecule is CC1NCCc2c(Cl)ncnc21. The maximum absolute atomic E-state index is 5.93. The zero-order valence-electron chi connectivity index (χ0n) is 6.84. The number of nitrogens with one attached hydrogen (secondary N) is 1. The highest BCUT2D eigenvalue weighted by molar-refractivity contribution is 6.30. The van der Waals surface area contributed by atoms with Crippen molar-refractivity contribution >= 4 is 11.6 Å². The fraction of sp³-hybridized carbons (Fsp3) is 0.500. The van der Waals surface area contributed by atoms with E-state index in [1.54, 1.807) is 0 Å². The van der Waals surface area contributed by atoms with E-state index in [9.17, 15) is 0 Å². The van der Waals surface area contributed by atoms with Crippen LogP contribution in [0.2, 0.25) is 5.15 Å². The molecule has 1 aromatic rings. The molecule has 0 spiro atoms. The van der Waals surface area contributed by atoms with Gasteiger partial charge in [-0.05, 0) is 19.9 Å². The van der Waals surface area contributed by atoms with Crippen molar-refractivity contribution in [3.8, 4) is 0 Å². The third-order valence-electron chi connectivity index (χ3n) is 2.16. The van der Waals surface area contributed by atoms with Crippen molar-refractivity contribution in [2.75, 3.05) is 6.54 Å². The maximum atomic E-state index is 5.93. The summed E-state index contributed by atoms with van der Waals surface area (Å²) in [6.45, 7) is 3.04. The molecule has 2 rings (SSSR count). The van der Waals surface area contributed by atoms with Crippen LogP contribution in [-0.4, -0.2) is 16.5 Å². The summed E-state index contributed by atoms with van der Waals surface area (Å²) in [4.78, 5) is 8.16. The Balaban J connectivity index is 2.52. The molecule has 0 saturated heterocycles. The monoisotopic (exact) mass is 183 g/mol. The van der Waals surface area contributed by atoms with Gasteiger partial charge in [0.15, 0.2) is 0 Å². The van der Waals surface area contributed by atoms with E-state index < -0.39 is 0 Å². The standard InChI is InChI=1S/C8H10ClN3/c1-5-7-6(2-3-10-5)8(9)12-4-11-7/h4-5,10H,2-3H2,1H3. The zero-order chi connectivity index (χ0) is 8.55. The maximum Gasteiger partial charge on any atom is 0.135 e. The van der Waals surface area contributed by atoms with Crippen LogP contribution >= 0.6 is 11.6 Å². The molecule has 1 aliphatic rings. The Hall–Kier alpha value is -0.670. The topological polar surface area (TPSA) is 37.8 Å². The van der Waals surface area contributed by atoms with Crippen molar-refractivity contribution in [1.29, 1.82) is 0 Å². The van der Waals surface area contributed by atoms with Crippen LogP contribution in [0.3, 0.4) is 0 Å². The lowest BCUT2D eigenvalue weighted by Crippen LogP contribution is -2.29. The molecule has 1 atom stereocenters. The molecule has 1 aliphatic heterocycles. The van der Waals surface area contributed by atoms with Crippen LogP contribution in [0.25, 0.3) is 0 Å². The molecule has 0 amide bonds. The largest absolute Gasteiger partial charge is 0.309 e. The number of nitrogens with zero attached hydrogens (tertiary/aromatic N) is 2. The third kappa shape index (κ3) is 1.19. The summed E-state index contributed by atoms with van der Waals surface area (Å²) in [6.07, 6.45) is 2.45. The second-order valence-electron chi connectivity index (χ2n) is 2.95. The van der Waals surface area contributed by atoms with Gasteiger partial charge in [-0.1, -0.05) is 11.6 Å². The van der Waals surface area contributed by atoms with Gasteiger partial charge in [0.05, 0.1) is 5.69 Å². The Labute approximate surface area is 76.2 Å². The van der Waals surface area contributed by atoms with Crippen LogP contribution in [0.5, 0.6) is 0 Å². The lowest BCUT2D eigenvalue weighted by molar-refractivity contribution is 0.523. The molecule has 0 aromatic carbocycles. The molecule has 0 aliphatic carbocycles. The Bertz CT molecular complexity index is 300. The first-order valence-electron chi connectivity index (χ1n) is 4.01. The van der Waals surface area contributed by atoms with Crippen LogP contribution in [0, 0.1) is 0 Å². The highest BCUT2D eigenvalue weighted by Crippen LogP contribution is 2.24. The van der Waals surface area contributed by atoms with E-state index in [1.807, 2.05) is 0 Å². The molecule has 12 heavy (non-hydrogen) atoms. The molecule has 0 bridgehead atoms. The number of rotatable bonds is 0. The molecule has 0 saturated carbocycles. The van der Waals surface area contributed by atoms with Gasteiger partial charge >= 0.3 is 0 Å². The van der Waals surface area contributed by atoms with E-state index in [4.69, 9.17) is 11.6 Å². The first kappa shape index (κ1) is 7.95. The van der Waals surface area contributed by atoms with Gasteiger partial charge in [0, 0.05) is 11.6 Å². The summed E-state index contributed by atoms with van der Waals surface area (Å²) < 4.78 is 0. The molecule has 2 heterocycles. The molecule has 1 aromatic heterocycles. The van der Waals surface area contributed by atoms with Crippen molar-refractivity contribution in [2.45, 2.75) is 19.4 Å². The van der Waals surface area contributed by atoms with Gasteiger partial charge in [-0.2, -0.15) is 0 Å². The predicted octanol–water partition coefficient (Wildman–Crippen LogP) is 1.34. The molecule has 0 fully saturated rings. The van der Waals surface area contributed by atoms with E-state index in [1.165, 1.54) is 6.33 Å². The van der Waals surface area contributed by atoms with Crippen LogP contribution in [0.1, 0.15) is 24.2 Å². The van der Waals surface area contributed by atoms with E-state index in [2.05, 4.69) is 22.2 Å². The first-order chi connectivity index (χ1) is 5.79. The Morgan fingerprint density at radius 1 is 1.58 bits per heavy atom. The van der Waals surface area contributed by atoms with Crippen LogP contribution < -0.4 is 5.32 Å². The van der Waals surface area contributed by atoms with Crippen molar-refractivity contribution in [1.82, 2.24) is 15.3 Å². The summed E-state index contributed by atoms with van der Waals surface area (Å²) in [5, 5.41) is 3.92. The van der Waals surface area contributed by atoms with E-state index in [-0.39, 0.29) is 0 Å². The molecule has 3 nitrogen and oxygen atoms in total. The smallest absolute Gasteiger partial charge is 0.135 e. The van der Waals surface area contributed by atoms with Gasteiger partial charge in [-0.25, -0.2) is 9.97 Å². The number of fused-ring (bicyclic) bond motifs is 1. The molecular weight excluding hydrogens is 174 g/mol. The van der Waals surface area contributed by atoms with Gasteiger partial charge in [-0.15, -0.1) is 0 Å². The van der Waals surface area contributed by atoms with E-state index in [0.717, 1.165) is 24.2 Å². The fourth-order valence-corrected chi connectivity index (χ4v) is 1.75. The highest BCUT2D eigenvalue weighted by Gasteiger charge is 2.19. The number of halogens is 1. The highest BCUT2D eigenvalue weighted by atomic mass is 35.5. The quantitative estimate of drug-likeness (QED) is 0.617. The lowest BCUT2D eigenvalue weighted by Gasteiger charge is -2.22. The van der Waals surface area contributed by atoms with Gasteiger partial charge in [0.2, 0.25) is 0 Å². The number of hydrogen-bond acceptors (Lipinski definition) is 3. The average Bonchev–Trinajstić information content (AvgIpc) is 2.07. The van der Waals surface area contributed by atoms with Gasteiger partial charge in [-0.3, -0.25) is 0 Å². The predicted molar refractivity (Wildman–Crippen MR) is 47.2 cm³/mol. The third-order valence-corrected chi connectivity index (χ3v) is 2.49. The molecule has 64 valence electrons. The Kier molecular flexibility index (Phi) is 1.98. The second-order valence-corrected chi connectivity index (χ2v) is 3.31. The normalized spacial score (nSPS) is 22.0. The molecular formula is C8H10ClN3. The minimum Gasteiger partial charge on any atom is -0.309 e. The minimum atomic E-state index is 0.300. The molecule has 4 heteroatoms. The summed E-state index contributed by atoms with van der Waals surface area (Å²) in [5.41, 5.74) is 2.15. The van der Waals surface area contributed by atoms with Crippen molar-refractivity contribution in [3.63, 3.8) is 0 Å². The zero-order valence-corrected chi connectivity index (χ0v) is 7.60. The number of hydrogen-bond donors (Lipinski definition) is 1. The van der Waals surface area contributed by atoms with Crippen LogP contribution in [0.15, 0.2) is 6.33 Å². The van der Waals surface area contributed by atoms with Gasteiger partial charge < -0.3 is 5.32 Å². The molecule has 1 unspecified atom stereocenters. The summed E-state index contributed by atoms with van der Waals surface area (Å²) in [7, 11) is 0. The summed E-state index contributed by atoms with van der Waals surface area (Å²) in [5.74, 6) is 0. The van der Waals surface area contributed by atoms with Crippen molar-refractivity contribution < 1.29 is 0 Å². The molecule has 0 radical (unpaired) electrons. The lowest BCUT2D eigenvalue weighted by atomic mass is 10.0. The number of aromatic nitrogens is 2. The van der Waals surface area contributed by atoms with Crippen LogP contribution in [-0.2, 0) is 6.42 Å². The Morgan fingerprint density at radius 3 is 3.17 bits per heavy atom.